The van der Waals surface area contributed by atoms with Gasteiger partial charge in [-0.05, 0) is 24.1 Å². The third-order valence-corrected chi connectivity index (χ3v) is 3.42. The smallest absolute Gasteiger partial charge is 0.360 e. The number of aromatic carboxylic acids is 1. The van der Waals surface area contributed by atoms with Crippen molar-refractivity contribution in [1.82, 2.24) is 9.78 Å². The number of carboxylic acids is 1. The molecule has 0 spiro atoms. The van der Waals surface area contributed by atoms with E-state index in [-0.39, 0.29) is 17.2 Å². The number of hydrogen-bond acceptors (Lipinski definition) is 3. The van der Waals surface area contributed by atoms with Crippen molar-refractivity contribution in [3.63, 3.8) is 0 Å². The van der Waals surface area contributed by atoms with Crippen LogP contribution in [0.2, 0.25) is 0 Å². The maximum Gasteiger partial charge on any atom is 0.360 e. The molecule has 0 fully saturated rings. The molecule has 0 bridgehead atoms. The van der Waals surface area contributed by atoms with Crippen LogP contribution in [0, 0.1) is 5.82 Å². The minimum atomic E-state index is -1.44. The van der Waals surface area contributed by atoms with Crippen LogP contribution in [0.1, 0.15) is 35.8 Å². The van der Waals surface area contributed by atoms with Gasteiger partial charge in [-0.2, -0.15) is 5.10 Å². The second-order valence-corrected chi connectivity index (χ2v) is 5.68. The van der Waals surface area contributed by atoms with Crippen molar-refractivity contribution in [1.29, 1.82) is 0 Å². The van der Waals surface area contributed by atoms with Gasteiger partial charge in [0.25, 0.3) is 0 Å². The number of benzene rings is 1. The van der Waals surface area contributed by atoms with E-state index in [9.17, 15) is 14.0 Å². The molecule has 1 heterocycles. The van der Waals surface area contributed by atoms with Gasteiger partial charge in [0.05, 0.1) is 0 Å². The summed E-state index contributed by atoms with van der Waals surface area (Å²) in [7, 11) is 0. The topological polar surface area (TPSA) is 72.2 Å². The number of carboxylic acid groups (broad SMARTS) is 1. The van der Waals surface area contributed by atoms with E-state index in [4.69, 9.17) is 5.11 Å². The van der Waals surface area contributed by atoms with Crippen LogP contribution in [-0.4, -0.2) is 20.9 Å². The van der Waals surface area contributed by atoms with E-state index < -0.39 is 22.9 Å². The molecule has 5 nitrogen and oxygen atoms in total. The number of halogens is 2. The van der Waals surface area contributed by atoms with E-state index in [0.29, 0.717) is 4.47 Å². The second-order valence-electron chi connectivity index (χ2n) is 4.76. The van der Waals surface area contributed by atoms with Crippen molar-refractivity contribution in [2.75, 3.05) is 0 Å². The Hall–Kier alpha value is -2.02. The highest BCUT2D eigenvalue weighted by Gasteiger charge is 2.19. The van der Waals surface area contributed by atoms with Crippen LogP contribution in [0.15, 0.2) is 33.7 Å². The number of rotatable bonds is 3. The molecule has 7 heteroatoms. The molecule has 0 unspecified atom stereocenters. The van der Waals surface area contributed by atoms with Crippen molar-refractivity contribution < 1.29 is 14.3 Å². The second kappa shape index (κ2) is 5.77. The predicted octanol–water partition coefficient (Wildman–Crippen LogP) is 2.96. The summed E-state index contributed by atoms with van der Waals surface area (Å²) in [6.45, 7) is 3.51. The zero-order valence-corrected chi connectivity index (χ0v) is 12.9. The Morgan fingerprint density at radius 2 is 2.10 bits per heavy atom. The molecule has 0 amide bonds. The molecule has 21 heavy (non-hydrogen) atoms. The van der Waals surface area contributed by atoms with Crippen LogP contribution in [0.3, 0.4) is 0 Å². The van der Waals surface area contributed by atoms with Gasteiger partial charge < -0.3 is 5.11 Å². The van der Waals surface area contributed by atoms with Crippen molar-refractivity contribution in [3.05, 3.63) is 56.2 Å². The average Bonchev–Trinajstić information content (AvgIpc) is 2.41. The largest absolute Gasteiger partial charge is 0.476 e. The van der Waals surface area contributed by atoms with E-state index in [1.54, 1.807) is 13.8 Å². The zero-order chi connectivity index (χ0) is 15.7. The normalized spacial score (nSPS) is 10.9. The van der Waals surface area contributed by atoms with E-state index >= 15 is 0 Å². The van der Waals surface area contributed by atoms with Gasteiger partial charge in [0.15, 0.2) is 0 Å². The van der Waals surface area contributed by atoms with Gasteiger partial charge in [0.1, 0.15) is 11.5 Å². The summed E-state index contributed by atoms with van der Waals surface area (Å²) in [5, 5.41) is 12.8. The minimum absolute atomic E-state index is 0.0637. The van der Waals surface area contributed by atoms with Crippen LogP contribution in [0.25, 0.3) is 5.69 Å². The molecule has 0 aliphatic heterocycles. The lowest BCUT2D eigenvalue weighted by Gasteiger charge is -2.12. The van der Waals surface area contributed by atoms with Gasteiger partial charge in [-0.15, -0.1) is 0 Å². The summed E-state index contributed by atoms with van der Waals surface area (Å²) in [5.41, 5.74) is -0.944. The summed E-state index contributed by atoms with van der Waals surface area (Å²) in [6, 6.07) is 4.21. The van der Waals surface area contributed by atoms with Gasteiger partial charge in [0, 0.05) is 16.2 Å². The quantitative estimate of drug-likeness (QED) is 0.919. The molecule has 0 aliphatic rings. The standard InChI is InChI=1S/C14H12BrFN2O3/c1-7(2)9-6-18(17-12(13(9)19)14(20)21)11-5-8(15)3-4-10(11)16/h3-7H,1-2H3,(H,20,21). The summed E-state index contributed by atoms with van der Waals surface area (Å²) in [5.74, 6) is -2.22. The molecule has 110 valence electrons. The predicted molar refractivity (Wildman–Crippen MR) is 78.5 cm³/mol. The molecule has 0 radical (unpaired) electrons. The Balaban J connectivity index is 2.78. The highest BCUT2D eigenvalue weighted by molar-refractivity contribution is 9.10. The molecule has 2 aromatic rings. The molecular formula is C14H12BrFN2O3. The first-order valence-corrected chi connectivity index (χ1v) is 6.93. The van der Waals surface area contributed by atoms with Gasteiger partial charge in [-0.3, -0.25) is 4.79 Å². The lowest BCUT2D eigenvalue weighted by molar-refractivity contribution is 0.0686. The Labute approximate surface area is 128 Å². The maximum atomic E-state index is 13.9. The molecule has 0 atom stereocenters. The van der Waals surface area contributed by atoms with Gasteiger partial charge in [0.2, 0.25) is 11.1 Å². The maximum absolute atomic E-state index is 13.9. The molecule has 1 N–H and O–H groups in total. The first kappa shape index (κ1) is 15.4. The molecule has 0 saturated heterocycles. The summed E-state index contributed by atoms with van der Waals surface area (Å²) >= 11 is 3.22. The minimum Gasteiger partial charge on any atom is -0.476 e. The van der Waals surface area contributed by atoms with E-state index in [2.05, 4.69) is 21.0 Å². The zero-order valence-electron chi connectivity index (χ0n) is 11.3. The molecular weight excluding hydrogens is 343 g/mol. The Morgan fingerprint density at radius 3 is 2.67 bits per heavy atom. The number of carbonyl (C=O) groups is 1. The fourth-order valence-corrected chi connectivity index (χ4v) is 2.19. The van der Waals surface area contributed by atoms with Crippen molar-refractivity contribution in [2.45, 2.75) is 19.8 Å². The highest BCUT2D eigenvalue weighted by Crippen LogP contribution is 2.20. The van der Waals surface area contributed by atoms with Crippen LogP contribution in [0.5, 0.6) is 0 Å². The molecule has 1 aromatic carbocycles. The van der Waals surface area contributed by atoms with Crippen LogP contribution < -0.4 is 5.43 Å². The summed E-state index contributed by atoms with van der Waals surface area (Å²) in [6.07, 6.45) is 1.37. The van der Waals surface area contributed by atoms with Crippen LogP contribution in [0.4, 0.5) is 4.39 Å². The van der Waals surface area contributed by atoms with Gasteiger partial charge in [-0.1, -0.05) is 29.8 Å². The van der Waals surface area contributed by atoms with Crippen LogP contribution in [-0.2, 0) is 0 Å². The van der Waals surface area contributed by atoms with E-state index in [1.165, 1.54) is 24.4 Å². The number of hydrogen-bond donors (Lipinski definition) is 1. The number of aromatic nitrogens is 2. The van der Waals surface area contributed by atoms with Crippen molar-refractivity contribution in [3.8, 4) is 5.69 Å². The third kappa shape index (κ3) is 3.02. The SMILES string of the molecule is CC(C)c1cn(-c2cc(Br)ccc2F)nc(C(=O)O)c1=O. The molecule has 1 aromatic heterocycles. The van der Waals surface area contributed by atoms with E-state index in [1.807, 2.05) is 0 Å². The third-order valence-electron chi connectivity index (χ3n) is 2.93. The first-order valence-electron chi connectivity index (χ1n) is 6.14. The molecule has 2 rings (SSSR count). The van der Waals surface area contributed by atoms with Crippen molar-refractivity contribution in [2.24, 2.45) is 0 Å². The lowest BCUT2D eigenvalue weighted by atomic mass is 10.0. The molecule has 0 aliphatic carbocycles. The fourth-order valence-electron chi connectivity index (χ4n) is 1.85. The Bertz CT molecular complexity index is 771. The fraction of sp³-hybridized carbons (Fsp3) is 0.214. The lowest BCUT2D eigenvalue weighted by Crippen LogP contribution is -2.25. The van der Waals surface area contributed by atoms with Gasteiger partial charge >= 0.3 is 5.97 Å². The van der Waals surface area contributed by atoms with Crippen LogP contribution >= 0.6 is 15.9 Å². The van der Waals surface area contributed by atoms with Gasteiger partial charge in [-0.25, -0.2) is 13.9 Å². The number of nitrogens with zero attached hydrogens (tertiary/aromatic N) is 2. The Morgan fingerprint density at radius 1 is 1.43 bits per heavy atom. The average molecular weight is 355 g/mol. The first-order chi connectivity index (χ1) is 9.81. The summed E-state index contributed by atoms with van der Waals surface area (Å²) < 4.78 is 15.6. The molecule has 0 saturated carbocycles. The highest BCUT2D eigenvalue weighted by atomic mass is 79.9. The Kier molecular flexibility index (Phi) is 4.22. The summed E-state index contributed by atoms with van der Waals surface area (Å²) in [4.78, 5) is 23.2. The monoisotopic (exact) mass is 354 g/mol. The van der Waals surface area contributed by atoms with E-state index in [0.717, 1.165) is 4.68 Å². The van der Waals surface area contributed by atoms with Crippen molar-refractivity contribution >= 4 is 21.9 Å².